The molecule has 1 aliphatic carbocycles. The first kappa shape index (κ1) is 23.3. The Hall–Kier alpha value is -3.89. The van der Waals surface area contributed by atoms with E-state index in [9.17, 15) is 24.5 Å². The highest BCUT2D eigenvalue weighted by Gasteiger charge is 2.49. The second kappa shape index (κ2) is 8.81. The van der Waals surface area contributed by atoms with Crippen molar-refractivity contribution in [3.8, 4) is 11.5 Å². The van der Waals surface area contributed by atoms with Crippen LogP contribution in [0.4, 0.5) is 5.69 Å². The van der Waals surface area contributed by atoms with Crippen LogP contribution in [0.3, 0.4) is 0 Å². The first-order chi connectivity index (χ1) is 16.2. The van der Waals surface area contributed by atoms with Gasteiger partial charge >= 0.3 is 11.9 Å². The van der Waals surface area contributed by atoms with E-state index in [4.69, 9.17) is 18.9 Å². The lowest BCUT2D eigenvalue weighted by Crippen LogP contribution is -2.43. The second-order valence-electron chi connectivity index (χ2n) is 8.28. The maximum absolute atomic E-state index is 13.7. The van der Waals surface area contributed by atoms with Crippen LogP contribution in [0.25, 0.3) is 0 Å². The number of hydrogen-bond acceptors (Lipinski definition) is 10. The van der Waals surface area contributed by atoms with E-state index in [-0.39, 0.29) is 53.2 Å². The number of carbonyl (C=O) groups excluding carboxylic acids is 3. The number of hydrogen-bond donors (Lipinski definition) is 1. The molecule has 2 heterocycles. The Kier molecular flexibility index (Phi) is 6.03. The molecule has 4 rings (SSSR count). The zero-order valence-electron chi connectivity index (χ0n) is 19.1. The molecule has 1 N–H and O–H groups in total. The van der Waals surface area contributed by atoms with E-state index in [0.717, 1.165) is 0 Å². The van der Waals surface area contributed by atoms with Gasteiger partial charge in [-0.05, 0) is 32.3 Å². The van der Waals surface area contributed by atoms with E-state index in [2.05, 4.69) is 5.32 Å². The minimum atomic E-state index is -1.16. The summed E-state index contributed by atoms with van der Waals surface area (Å²) in [6, 6.07) is 2.62. The lowest BCUT2D eigenvalue weighted by Gasteiger charge is -2.38. The number of ether oxygens (including phenoxy) is 4. The molecule has 0 amide bonds. The van der Waals surface area contributed by atoms with Crippen molar-refractivity contribution in [3.05, 3.63) is 50.4 Å². The molecule has 0 saturated carbocycles. The molecule has 0 unspecified atom stereocenters. The van der Waals surface area contributed by atoms with Crippen LogP contribution >= 0.6 is 0 Å². The van der Waals surface area contributed by atoms with Crippen LogP contribution in [-0.4, -0.2) is 43.2 Å². The Morgan fingerprint density at radius 2 is 1.94 bits per heavy atom. The minimum absolute atomic E-state index is 0.0501. The lowest BCUT2D eigenvalue weighted by atomic mass is 9.69. The molecule has 0 radical (unpaired) electrons. The summed E-state index contributed by atoms with van der Waals surface area (Å²) in [5.41, 5.74) is 0.778. The number of rotatable bonds is 5. The van der Waals surface area contributed by atoms with E-state index in [1.54, 1.807) is 20.8 Å². The Morgan fingerprint density at radius 3 is 2.56 bits per heavy atom. The molecular weight excluding hydrogens is 448 g/mol. The number of nitro benzene ring substituents is 1. The summed E-state index contributed by atoms with van der Waals surface area (Å²) in [7, 11) is 1.19. The number of nitrogens with one attached hydrogen (secondary N) is 1. The first-order valence-electron chi connectivity index (χ1n) is 10.8. The summed E-state index contributed by atoms with van der Waals surface area (Å²) in [4.78, 5) is 50.7. The summed E-state index contributed by atoms with van der Waals surface area (Å²) in [5, 5.41) is 15.2. The van der Waals surface area contributed by atoms with E-state index < -0.39 is 34.5 Å². The van der Waals surface area contributed by atoms with Crippen LogP contribution in [0, 0.1) is 22.0 Å². The van der Waals surface area contributed by atoms with Crippen LogP contribution in [0.15, 0.2) is 34.7 Å². The summed E-state index contributed by atoms with van der Waals surface area (Å²) in [5.74, 6) is -4.18. The topological polar surface area (TPSA) is 143 Å². The van der Waals surface area contributed by atoms with Crippen molar-refractivity contribution in [2.75, 3.05) is 20.5 Å². The van der Waals surface area contributed by atoms with Gasteiger partial charge in [-0.1, -0.05) is 6.92 Å². The maximum Gasteiger partial charge on any atom is 0.336 e. The monoisotopic (exact) mass is 472 g/mol. The van der Waals surface area contributed by atoms with E-state index in [1.165, 1.54) is 19.2 Å². The molecule has 1 aromatic rings. The highest BCUT2D eigenvalue weighted by molar-refractivity contribution is 6.12. The fourth-order valence-corrected chi connectivity index (χ4v) is 4.81. The predicted molar refractivity (Wildman–Crippen MR) is 116 cm³/mol. The number of fused-ring (bicyclic) bond motifs is 1. The fraction of sp³-hybridized carbons (Fsp3) is 0.435. The molecule has 0 saturated heterocycles. The molecule has 180 valence electrons. The zero-order chi connectivity index (χ0) is 24.7. The summed E-state index contributed by atoms with van der Waals surface area (Å²) < 4.78 is 20.8. The van der Waals surface area contributed by atoms with Gasteiger partial charge in [0.25, 0.3) is 5.69 Å². The molecule has 11 nitrogen and oxygen atoms in total. The van der Waals surface area contributed by atoms with Gasteiger partial charge in [-0.15, -0.1) is 0 Å². The molecule has 11 heteroatoms. The van der Waals surface area contributed by atoms with Gasteiger partial charge in [0.05, 0.1) is 36.2 Å². The lowest BCUT2D eigenvalue weighted by molar-refractivity contribution is -0.385. The van der Waals surface area contributed by atoms with Crippen LogP contribution in [0.2, 0.25) is 0 Å². The molecule has 0 bridgehead atoms. The molecule has 3 aliphatic rings. The molecule has 1 aromatic carbocycles. The standard InChI is InChI=1S/C23H24N2O9/c1-5-32-23(28)18-11(3)24-13-6-10(2)17(22(27)31-4)21(26)20(13)19(18)12-7-15-16(34-9-33-15)8-14(12)25(29)30/h7-8,10,17,19,24H,5-6,9H2,1-4H3/t10-,17+,19-/m0/s1. The Balaban J connectivity index is 1.98. The number of dihydropyridines is 1. The molecular formula is C23H24N2O9. The number of nitrogens with zero attached hydrogens (tertiary/aromatic N) is 1. The number of benzene rings is 1. The first-order valence-corrected chi connectivity index (χ1v) is 10.8. The van der Waals surface area contributed by atoms with Crippen molar-refractivity contribution in [2.24, 2.45) is 11.8 Å². The van der Waals surface area contributed by atoms with Gasteiger partial charge in [0.2, 0.25) is 6.79 Å². The second-order valence-corrected chi connectivity index (χ2v) is 8.28. The number of allylic oxidation sites excluding steroid dienone is 3. The molecule has 0 fully saturated rings. The van der Waals surface area contributed by atoms with Crippen LogP contribution in [0.5, 0.6) is 11.5 Å². The summed E-state index contributed by atoms with van der Waals surface area (Å²) >= 11 is 0. The number of methoxy groups -OCH3 is 1. The van der Waals surface area contributed by atoms with Crippen molar-refractivity contribution >= 4 is 23.4 Å². The SMILES string of the molecule is CCOC(=O)C1=C(C)NC2=C(C(=O)[C@H](C(=O)OC)[C@@H](C)C2)[C@H]1c1cc2c(cc1[N+](=O)[O-])OCO2. The largest absolute Gasteiger partial charge is 0.468 e. The van der Waals surface area contributed by atoms with Gasteiger partial charge in [0.1, 0.15) is 5.92 Å². The van der Waals surface area contributed by atoms with Gasteiger partial charge in [-0.2, -0.15) is 0 Å². The smallest absolute Gasteiger partial charge is 0.336 e. The van der Waals surface area contributed by atoms with Crippen LogP contribution in [0.1, 0.15) is 38.7 Å². The van der Waals surface area contributed by atoms with Gasteiger partial charge in [-0.3, -0.25) is 19.7 Å². The number of nitro groups is 1. The Morgan fingerprint density at radius 1 is 1.26 bits per heavy atom. The zero-order valence-corrected chi connectivity index (χ0v) is 19.1. The third-order valence-electron chi connectivity index (χ3n) is 6.27. The predicted octanol–water partition coefficient (Wildman–Crippen LogP) is 2.50. The quantitative estimate of drug-likeness (QED) is 0.294. The number of carbonyl (C=O) groups is 3. The van der Waals surface area contributed by atoms with E-state index >= 15 is 0 Å². The third kappa shape index (κ3) is 3.66. The molecule has 2 aliphatic heterocycles. The van der Waals surface area contributed by atoms with Crippen molar-refractivity contribution in [1.82, 2.24) is 5.32 Å². The van der Waals surface area contributed by atoms with Gasteiger partial charge in [0.15, 0.2) is 17.3 Å². The van der Waals surface area contributed by atoms with Crippen molar-refractivity contribution in [2.45, 2.75) is 33.1 Å². The Labute approximate surface area is 194 Å². The van der Waals surface area contributed by atoms with Crippen molar-refractivity contribution < 1.29 is 38.3 Å². The third-order valence-corrected chi connectivity index (χ3v) is 6.27. The van der Waals surface area contributed by atoms with Crippen molar-refractivity contribution in [3.63, 3.8) is 0 Å². The van der Waals surface area contributed by atoms with Crippen LogP contribution in [-0.2, 0) is 23.9 Å². The van der Waals surface area contributed by atoms with Crippen LogP contribution < -0.4 is 14.8 Å². The highest BCUT2D eigenvalue weighted by atomic mass is 16.7. The highest BCUT2D eigenvalue weighted by Crippen LogP contribution is 2.50. The van der Waals surface area contributed by atoms with Crippen molar-refractivity contribution in [1.29, 1.82) is 0 Å². The normalized spacial score (nSPS) is 23.3. The molecule has 0 aromatic heterocycles. The summed E-state index contributed by atoms with van der Waals surface area (Å²) in [6.45, 7) is 4.98. The van der Waals surface area contributed by atoms with Gasteiger partial charge in [-0.25, -0.2) is 4.79 Å². The molecule has 3 atom stereocenters. The van der Waals surface area contributed by atoms with Gasteiger partial charge < -0.3 is 24.3 Å². The number of Topliss-reactive ketones (excluding diaryl/α,β-unsaturated/α-hetero) is 1. The minimum Gasteiger partial charge on any atom is -0.468 e. The maximum atomic E-state index is 13.7. The average Bonchev–Trinajstić information content (AvgIpc) is 3.24. The number of ketones is 1. The number of esters is 2. The average molecular weight is 472 g/mol. The van der Waals surface area contributed by atoms with E-state index in [0.29, 0.717) is 17.8 Å². The molecule has 34 heavy (non-hydrogen) atoms. The Bertz CT molecular complexity index is 1170. The molecule has 0 spiro atoms. The fourth-order valence-electron chi connectivity index (χ4n) is 4.81. The van der Waals surface area contributed by atoms with Gasteiger partial charge in [0, 0.05) is 22.5 Å². The van der Waals surface area contributed by atoms with E-state index in [1.807, 2.05) is 0 Å². The summed E-state index contributed by atoms with van der Waals surface area (Å²) in [6.07, 6.45) is 0.309.